The molecule has 1 aromatic carbocycles. The van der Waals surface area contributed by atoms with Crippen LogP contribution in [0.5, 0.6) is 0 Å². The van der Waals surface area contributed by atoms with E-state index in [1.165, 1.54) is 12.7 Å². The zero-order valence-corrected chi connectivity index (χ0v) is 12.8. The lowest BCUT2D eigenvalue weighted by Crippen LogP contribution is -2.59. The number of nitrogens with zero attached hydrogens (tertiary/aromatic N) is 1. The Bertz CT molecular complexity index is 753. The lowest BCUT2D eigenvalue weighted by Gasteiger charge is -2.50. The number of likely N-dealkylation sites (tertiary alicyclic amines) is 1. The molecule has 116 valence electrons. The van der Waals surface area contributed by atoms with Gasteiger partial charge in [0, 0.05) is 29.7 Å². The van der Waals surface area contributed by atoms with Crippen molar-refractivity contribution in [3.8, 4) is 0 Å². The van der Waals surface area contributed by atoms with E-state index in [9.17, 15) is 9.90 Å². The van der Waals surface area contributed by atoms with Crippen LogP contribution in [0.4, 0.5) is 0 Å². The van der Waals surface area contributed by atoms with Crippen molar-refractivity contribution >= 4 is 16.9 Å². The number of ether oxygens (including phenoxy) is 1. The van der Waals surface area contributed by atoms with Crippen molar-refractivity contribution in [1.29, 1.82) is 0 Å². The predicted molar refractivity (Wildman–Crippen MR) is 82.4 cm³/mol. The number of carbonyl (C=O) groups excluding carboxylic acids is 1. The number of fused-ring (bicyclic) bond motifs is 2. The number of esters is 1. The first-order valence-electron chi connectivity index (χ1n) is 7.64. The van der Waals surface area contributed by atoms with Gasteiger partial charge in [0.05, 0.1) is 13.0 Å². The second kappa shape index (κ2) is 4.57. The van der Waals surface area contributed by atoms with Crippen LogP contribution in [-0.2, 0) is 21.6 Å². The average molecular weight is 300 g/mol. The van der Waals surface area contributed by atoms with Crippen LogP contribution in [0.25, 0.3) is 10.9 Å². The Hall–Kier alpha value is -1.85. The third kappa shape index (κ3) is 1.69. The lowest BCUT2D eigenvalue weighted by atomic mass is 9.69. The van der Waals surface area contributed by atoms with Gasteiger partial charge in [-0.1, -0.05) is 12.1 Å². The molecule has 2 aliphatic rings. The average Bonchev–Trinajstić information content (AvgIpc) is 2.93. The standard InChI is InChI=1S/C17H20N2O3/c1-19-9-11(16(20)22-2)7-17(21)12-4-3-5-13-15(12)10(8-18-13)6-14(17)19/h3-5,8,11,14,18,21H,6-7,9H2,1-2H3/t11-,14-,17+/m1/s1. The second-order valence-electron chi connectivity index (χ2n) is 6.55. The Morgan fingerprint density at radius 2 is 2.32 bits per heavy atom. The maximum absolute atomic E-state index is 12.0. The summed E-state index contributed by atoms with van der Waals surface area (Å²) in [6.45, 7) is 0.620. The Kier molecular flexibility index (Phi) is 2.86. The first-order chi connectivity index (χ1) is 10.5. The van der Waals surface area contributed by atoms with Crippen LogP contribution >= 0.6 is 0 Å². The molecule has 1 aliphatic carbocycles. The number of carbonyl (C=O) groups is 1. The highest BCUT2D eigenvalue weighted by Crippen LogP contribution is 2.47. The second-order valence-corrected chi connectivity index (χ2v) is 6.55. The summed E-state index contributed by atoms with van der Waals surface area (Å²) >= 11 is 0. The van der Waals surface area contributed by atoms with E-state index in [1.54, 1.807) is 0 Å². The zero-order valence-electron chi connectivity index (χ0n) is 12.8. The first-order valence-corrected chi connectivity index (χ1v) is 7.64. The highest BCUT2D eigenvalue weighted by molar-refractivity contribution is 5.89. The van der Waals surface area contributed by atoms with Crippen LogP contribution in [-0.4, -0.2) is 47.7 Å². The predicted octanol–water partition coefficient (Wildman–Crippen LogP) is 1.40. The number of likely N-dealkylation sites (N-methyl/N-ethyl adjacent to an activating group) is 1. The van der Waals surface area contributed by atoms with Gasteiger partial charge in [-0.25, -0.2) is 0 Å². The summed E-state index contributed by atoms with van der Waals surface area (Å²) in [6.07, 6.45) is 3.24. The topological polar surface area (TPSA) is 65.6 Å². The number of aromatic amines is 1. The van der Waals surface area contributed by atoms with Gasteiger partial charge in [-0.05, 0) is 37.1 Å². The molecule has 5 nitrogen and oxygen atoms in total. The smallest absolute Gasteiger partial charge is 0.310 e. The van der Waals surface area contributed by atoms with Gasteiger partial charge in [0.15, 0.2) is 0 Å². The molecule has 2 heterocycles. The molecule has 3 atom stereocenters. The number of rotatable bonds is 1. The van der Waals surface area contributed by atoms with Crippen molar-refractivity contribution in [3.05, 3.63) is 35.5 Å². The van der Waals surface area contributed by atoms with Gasteiger partial charge in [-0.2, -0.15) is 0 Å². The molecule has 0 radical (unpaired) electrons. The maximum Gasteiger partial charge on any atom is 0.310 e. The highest BCUT2D eigenvalue weighted by atomic mass is 16.5. The Morgan fingerprint density at radius 1 is 1.50 bits per heavy atom. The number of benzene rings is 1. The van der Waals surface area contributed by atoms with Gasteiger partial charge in [-0.15, -0.1) is 0 Å². The van der Waals surface area contributed by atoms with Gasteiger partial charge in [0.1, 0.15) is 5.60 Å². The molecule has 0 spiro atoms. The minimum absolute atomic E-state index is 0.0118. The third-order valence-electron chi connectivity index (χ3n) is 5.35. The number of aliphatic hydroxyl groups is 1. The molecular formula is C17H20N2O3. The van der Waals surface area contributed by atoms with E-state index in [0.29, 0.717) is 13.0 Å². The van der Waals surface area contributed by atoms with E-state index in [2.05, 4.69) is 9.88 Å². The molecule has 22 heavy (non-hydrogen) atoms. The molecule has 0 unspecified atom stereocenters. The third-order valence-corrected chi connectivity index (χ3v) is 5.35. The Morgan fingerprint density at radius 3 is 3.09 bits per heavy atom. The fourth-order valence-electron chi connectivity index (χ4n) is 4.34. The van der Waals surface area contributed by atoms with Crippen LogP contribution in [0.3, 0.4) is 0 Å². The van der Waals surface area contributed by atoms with Gasteiger partial charge in [0.25, 0.3) is 0 Å². The number of hydrogen-bond donors (Lipinski definition) is 2. The molecule has 0 saturated carbocycles. The number of methoxy groups -OCH3 is 1. The van der Waals surface area contributed by atoms with E-state index in [4.69, 9.17) is 4.74 Å². The highest BCUT2D eigenvalue weighted by Gasteiger charge is 2.51. The summed E-state index contributed by atoms with van der Waals surface area (Å²) in [4.78, 5) is 17.4. The molecule has 4 rings (SSSR count). The van der Waals surface area contributed by atoms with Gasteiger partial charge >= 0.3 is 5.97 Å². The fourth-order valence-corrected chi connectivity index (χ4v) is 4.34. The fraction of sp³-hybridized carbons (Fsp3) is 0.471. The minimum atomic E-state index is -1.01. The molecule has 1 fully saturated rings. The van der Waals surface area contributed by atoms with Gasteiger partial charge in [-0.3, -0.25) is 9.69 Å². The maximum atomic E-state index is 12.0. The summed E-state index contributed by atoms with van der Waals surface area (Å²) < 4.78 is 4.91. The van der Waals surface area contributed by atoms with Crippen molar-refractivity contribution in [1.82, 2.24) is 9.88 Å². The SMILES string of the molecule is COC(=O)[C@H]1CN(C)[C@@H]2Cc3c[nH]c4cccc(c34)[C@@]2(O)C1. The van der Waals surface area contributed by atoms with Crippen LogP contribution in [0.2, 0.25) is 0 Å². The molecule has 2 aromatic rings. The number of hydrogen-bond acceptors (Lipinski definition) is 4. The van der Waals surface area contributed by atoms with Crippen molar-refractivity contribution in [2.24, 2.45) is 5.92 Å². The van der Waals surface area contributed by atoms with E-state index < -0.39 is 5.60 Å². The van der Waals surface area contributed by atoms with Gasteiger partial charge < -0.3 is 14.8 Å². The zero-order chi connectivity index (χ0) is 15.5. The molecule has 1 aliphatic heterocycles. The van der Waals surface area contributed by atoms with Crippen molar-refractivity contribution in [2.45, 2.75) is 24.5 Å². The minimum Gasteiger partial charge on any atom is -0.469 e. The van der Waals surface area contributed by atoms with E-state index in [-0.39, 0.29) is 17.9 Å². The monoisotopic (exact) mass is 300 g/mol. The molecule has 2 N–H and O–H groups in total. The van der Waals surface area contributed by atoms with Crippen LogP contribution in [0, 0.1) is 5.92 Å². The number of aromatic nitrogens is 1. The molecule has 5 heteroatoms. The van der Waals surface area contributed by atoms with Crippen molar-refractivity contribution < 1.29 is 14.6 Å². The van der Waals surface area contributed by atoms with Crippen molar-refractivity contribution in [2.75, 3.05) is 20.7 Å². The Balaban J connectivity index is 1.87. The van der Waals surface area contributed by atoms with Crippen LogP contribution in [0.1, 0.15) is 17.5 Å². The molecule has 0 amide bonds. The summed E-state index contributed by atoms with van der Waals surface area (Å²) in [7, 11) is 3.38. The largest absolute Gasteiger partial charge is 0.469 e. The van der Waals surface area contributed by atoms with E-state index in [0.717, 1.165) is 22.9 Å². The van der Waals surface area contributed by atoms with E-state index in [1.807, 2.05) is 31.4 Å². The van der Waals surface area contributed by atoms with Crippen LogP contribution < -0.4 is 0 Å². The first kappa shape index (κ1) is 13.8. The molecule has 1 aromatic heterocycles. The Labute approximate surface area is 128 Å². The quantitative estimate of drug-likeness (QED) is 0.782. The number of piperidine rings is 1. The summed E-state index contributed by atoms with van der Waals surface area (Å²) in [5, 5.41) is 12.6. The van der Waals surface area contributed by atoms with E-state index >= 15 is 0 Å². The lowest BCUT2D eigenvalue weighted by molar-refractivity contribution is -0.158. The summed E-state index contributed by atoms with van der Waals surface area (Å²) in [5.74, 6) is -0.544. The summed E-state index contributed by atoms with van der Waals surface area (Å²) in [6, 6.07) is 5.96. The number of H-pyrrole nitrogens is 1. The van der Waals surface area contributed by atoms with Gasteiger partial charge in [0.2, 0.25) is 0 Å². The summed E-state index contributed by atoms with van der Waals surface area (Å²) in [5.41, 5.74) is 2.20. The molecular weight excluding hydrogens is 280 g/mol. The molecule has 1 saturated heterocycles. The van der Waals surface area contributed by atoms with Crippen molar-refractivity contribution in [3.63, 3.8) is 0 Å². The molecule has 0 bridgehead atoms. The number of nitrogens with one attached hydrogen (secondary N) is 1. The normalized spacial score (nSPS) is 31.0. The van der Waals surface area contributed by atoms with Crippen LogP contribution in [0.15, 0.2) is 24.4 Å².